The van der Waals surface area contributed by atoms with E-state index < -0.39 is 0 Å². The molecule has 1 N–H and O–H groups in total. The topological polar surface area (TPSA) is 32.3 Å². The van der Waals surface area contributed by atoms with E-state index in [2.05, 4.69) is 5.32 Å². The van der Waals surface area contributed by atoms with E-state index in [-0.39, 0.29) is 23.7 Å². The first-order valence-electron chi connectivity index (χ1n) is 6.14. The van der Waals surface area contributed by atoms with E-state index >= 15 is 0 Å². The van der Waals surface area contributed by atoms with Crippen LogP contribution >= 0.6 is 47.4 Å². The molecule has 3 nitrogen and oxygen atoms in total. The molecule has 2 rings (SSSR count). The minimum Gasteiger partial charge on any atom is -0.326 e. The van der Waals surface area contributed by atoms with Crippen molar-refractivity contribution in [2.75, 3.05) is 25.9 Å². The second-order valence-corrected chi connectivity index (χ2v) is 6.29. The predicted molar refractivity (Wildman–Crippen MR) is 89.2 cm³/mol. The van der Waals surface area contributed by atoms with Gasteiger partial charge in [0, 0.05) is 22.2 Å². The molecule has 7 heteroatoms. The van der Waals surface area contributed by atoms with Gasteiger partial charge in [0.05, 0.1) is 5.75 Å². The first kappa shape index (κ1) is 17.9. The number of carbonyl (C=O) groups excluding carboxylic acids is 1. The molecule has 1 amide bonds. The van der Waals surface area contributed by atoms with Gasteiger partial charge in [0.25, 0.3) is 0 Å². The van der Waals surface area contributed by atoms with Crippen LogP contribution in [-0.4, -0.2) is 36.7 Å². The van der Waals surface area contributed by atoms with E-state index in [1.807, 2.05) is 24.1 Å². The van der Waals surface area contributed by atoms with Crippen molar-refractivity contribution in [3.63, 3.8) is 0 Å². The van der Waals surface area contributed by atoms with Crippen LogP contribution in [0.5, 0.6) is 0 Å². The molecule has 0 aromatic heterocycles. The van der Waals surface area contributed by atoms with Crippen molar-refractivity contribution >= 4 is 53.3 Å². The average Bonchev–Trinajstić information content (AvgIpc) is 2.72. The maximum Gasteiger partial charge on any atom is 0.233 e. The average molecular weight is 356 g/mol. The number of nitrogens with zero attached hydrogens (tertiary/aromatic N) is 1. The Balaban J connectivity index is 0.00000200. The van der Waals surface area contributed by atoms with Crippen molar-refractivity contribution in [3.8, 4) is 0 Å². The van der Waals surface area contributed by atoms with Crippen molar-refractivity contribution in [2.24, 2.45) is 0 Å². The van der Waals surface area contributed by atoms with Crippen LogP contribution in [0, 0.1) is 0 Å². The fourth-order valence-electron chi connectivity index (χ4n) is 2.08. The van der Waals surface area contributed by atoms with E-state index in [9.17, 15) is 4.79 Å². The molecule has 20 heavy (non-hydrogen) atoms. The zero-order chi connectivity index (χ0) is 13.8. The van der Waals surface area contributed by atoms with Gasteiger partial charge in [0.15, 0.2) is 0 Å². The molecule has 1 aromatic carbocycles. The van der Waals surface area contributed by atoms with Gasteiger partial charge in [-0.05, 0) is 32.1 Å². The van der Waals surface area contributed by atoms with Crippen molar-refractivity contribution in [3.05, 3.63) is 33.8 Å². The van der Waals surface area contributed by atoms with Gasteiger partial charge in [-0.3, -0.25) is 4.79 Å². The molecule has 0 spiro atoms. The summed E-state index contributed by atoms with van der Waals surface area (Å²) in [4.78, 5) is 13.8. The Bertz CT molecular complexity index is 473. The van der Waals surface area contributed by atoms with Gasteiger partial charge in [-0.25, -0.2) is 0 Å². The summed E-state index contributed by atoms with van der Waals surface area (Å²) in [6, 6.07) is 5.46. The number of nitrogens with one attached hydrogen (secondary N) is 1. The highest BCUT2D eigenvalue weighted by molar-refractivity contribution is 8.00. The Hall–Kier alpha value is -0.130. The highest BCUT2D eigenvalue weighted by Crippen LogP contribution is 2.41. The summed E-state index contributed by atoms with van der Waals surface area (Å²) in [5.41, 5.74) is 0.964. The molecule has 1 fully saturated rings. The van der Waals surface area contributed by atoms with E-state index in [0.717, 1.165) is 25.1 Å². The molecular formula is C13H17Cl3N2OS. The summed E-state index contributed by atoms with van der Waals surface area (Å²) in [5.74, 6) is 0.695. The Morgan fingerprint density at radius 2 is 2.20 bits per heavy atom. The fourth-order valence-corrected chi connectivity index (χ4v) is 3.91. The summed E-state index contributed by atoms with van der Waals surface area (Å²) in [6.45, 7) is 1.64. The molecule has 1 aromatic rings. The van der Waals surface area contributed by atoms with Crippen molar-refractivity contribution in [1.29, 1.82) is 0 Å². The lowest BCUT2D eigenvalue weighted by Gasteiger charge is -2.25. The molecule has 1 unspecified atom stereocenters. The van der Waals surface area contributed by atoms with Crippen LogP contribution in [-0.2, 0) is 4.79 Å². The molecule has 1 aliphatic rings. The maximum absolute atomic E-state index is 11.9. The van der Waals surface area contributed by atoms with Crippen LogP contribution < -0.4 is 5.32 Å². The van der Waals surface area contributed by atoms with Gasteiger partial charge in [-0.15, -0.1) is 24.2 Å². The second kappa shape index (κ2) is 8.35. The number of amides is 1. The monoisotopic (exact) mass is 354 g/mol. The predicted octanol–water partition coefficient (Wildman–Crippen LogP) is 3.60. The SMILES string of the molecule is CNCCCN1C(=O)CSC1c1ccc(Cl)cc1Cl.Cl. The van der Waals surface area contributed by atoms with Crippen molar-refractivity contribution in [1.82, 2.24) is 10.2 Å². The lowest BCUT2D eigenvalue weighted by Crippen LogP contribution is -2.30. The summed E-state index contributed by atoms with van der Waals surface area (Å²) in [6.07, 6.45) is 0.935. The summed E-state index contributed by atoms with van der Waals surface area (Å²) in [5, 5.41) is 4.34. The third-order valence-electron chi connectivity index (χ3n) is 3.02. The maximum atomic E-state index is 11.9. The molecule has 1 saturated heterocycles. The van der Waals surface area contributed by atoms with Gasteiger partial charge in [0.2, 0.25) is 5.91 Å². The first-order valence-corrected chi connectivity index (χ1v) is 7.94. The zero-order valence-electron chi connectivity index (χ0n) is 11.1. The third kappa shape index (κ3) is 4.18. The zero-order valence-corrected chi connectivity index (χ0v) is 14.2. The standard InChI is InChI=1S/C13H16Cl2N2OS.ClH/c1-16-5-2-6-17-12(18)8-19-13(17)10-4-3-9(14)7-11(10)15;/h3-4,7,13,16H,2,5-6,8H2,1H3;1H. The van der Waals surface area contributed by atoms with Crippen LogP contribution in [0.2, 0.25) is 10.0 Å². The Labute approximate surface area is 139 Å². The van der Waals surface area contributed by atoms with Crippen LogP contribution in [0.4, 0.5) is 0 Å². The highest BCUT2D eigenvalue weighted by atomic mass is 35.5. The molecule has 1 aliphatic heterocycles. The van der Waals surface area contributed by atoms with Crippen LogP contribution in [0.15, 0.2) is 18.2 Å². The first-order chi connectivity index (χ1) is 9.13. The summed E-state index contributed by atoms with van der Waals surface area (Å²) >= 11 is 13.8. The molecule has 1 heterocycles. The summed E-state index contributed by atoms with van der Waals surface area (Å²) in [7, 11) is 1.91. The third-order valence-corrected chi connectivity index (χ3v) is 4.82. The Morgan fingerprint density at radius 1 is 1.45 bits per heavy atom. The lowest BCUT2D eigenvalue weighted by atomic mass is 10.2. The number of hydrogen-bond acceptors (Lipinski definition) is 3. The highest BCUT2D eigenvalue weighted by Gasteiger charge is 2.33. The number of benzene rings is 1. The number of rotatable bonds is 5. The molecule has 112 valence electrons. The minimum atomic E-state index is 0. The largest absolute Gasteiger partial charge is 0.326 e. The van der Waals surface area contributed by atoms with Crippen molar-refractivity contribution < 1.29 is 4.79 Å². The summed E-state index contributed by atoms with van der Waals surface area (Å²) < 4.78 is 0. The smallest absolute Gasteiger partial charge is 0.233 e. The molecule has 0 radical (unpaired) electrons. The van der Waals surface area contributed by atoms with E-state index in [1.165, 1.54) is 0 Å². The Kier molecular flexibility index (Phi) is 7.48. The molecule has 0 aliphatic carbocycles. The van der Waals surface area contributed by atoms with Gasteiger partial charge < -0.3 is 10.2 Å². The van der Waals surface area contributed by atoms with Gasteiger partial charge in [-0.2, -0.15) is 0 Å². The van der Waals surface area contributed by atoms with Gasteiger partial charge in [-0.1, -0.05) is 29.3 Å². The number of carbonyl (C=O) groups is 1. The van der Waals surface area contributed by atoms with Gasteiger partial charge >= 0.3 is 0 Å². The number of thioether (sulfide) groups is 1. The lowest BCUT2D eigenvalue weighted by molar-refractivity contribution is -0.128. The van der Waals surface area contributed by atoms with Crippen LogP contribution in [0.25, 0.3) is 0 Å². The van der Waals surface area contributed by atoms with E-state index in [4.69, 9.17) is 23.2 Å². The minimum absolute atomic E-state index is 0. The van der Waals surface area contributed by atoms with E-state index in [1.54, 1.807) is 17.8 Å². The molecule has 0 saturated carbocycles. The number of hydrogen-bond donors (Lipinski definition) is 1. The normalized spacial score (nSPS) is 18.2. The molecule has 1 atom stereocenters. The molecule has 0 bridgehead atoms. The van der Waals surface area contributed by atoms with Gasteiger partial charge in [0.1, 0.15) is 5.37 Å². The second-order valence-electron chi connectivity index (χ2n) is 4.37. The fraction of sp³-hybridized carbons (Fsp3) is 0.462. The Morgan fingerprint density at radius 3 is 2.85 bits per heavy atom. The van der Waals surface area contributed by atoms with E-state index in [0.29, 0.717) is 15.8 Å². The number of halogens is 3. The quantitative estimate of drug-likeness (QED) is 0.819. The van der Waals surface area contributed by atoms with Crippen molar-refractivity contribution in [2.45, 2.75) is 11.8 Å². The molecular weight excluding hydrogens is 339 g/mol. The van der Waals surface area contributed by atoms with Crippen LogP contribution in [0.3, 0.4) is 0 Å². The van der Waals surface area contributed by atoms with Crippen LogP contribution in [0.1, 0.15) is 17.4 Å².